The van der Waals surface area contributed by atoms with Gasteiger partial charge in [0.15, 0.2) is 5.82 Å². The number of rotatable bonds is 6. The van der Waals surface area contributed by atoms with Crippen molar-refractivity contribution in [1.29, 1.82) is 0 Å². The monoisotopic (exact) mass is 703 g/mol. The van der Waals surface area contributed by atoms with Gasteiger partial charge in [0.25, 0.3) is 0 Å². The largest absolute Gasteiger partial charge is 0.461 e. The van der Waals surface area contributed by atoms with E-state index in [1.54, 1.807) is 0 Å². The summed E-state index contributed by atoms with van der Waals surface area (Å²) in [5.74, 6) is -1.69. The smallest absolute Gasteiger partial charge is 0.418 e. The summed E-state index contributed by atoms with van der Waals surface area (Å²) >= 11 is 0. The van der Waals surface area contributed by atoms with Crippen LogP contribution < -0.4 is 20.7 Å². The van der Waals surface area contributed by atoms with Crippen LogP contribution in [-0.4, -0.2) is 69.8 Å². The second-order valence-electron chi connectivity index (χ2n) is 14.8. The zero-order chi connectivity index (χ0) is 35.5. The molecular weight excluding hydrogens is 667 g/mol. The Morgan fingerprint density at radius 1 is 1.00 bits per heavy atom. The Morgan fingerprint density at radius 2 is 1.70 bits per heavy atom. The Labute approximate surface area is 283 Å². The second-order valence-corrected chi connectivity index (χ2v) is 14.8. The van der Waals surface area contributed by atoms with Crippen molar-refractivity contribution in [2.24, 2.45) is 5.92 Å². The number of hydrogen-bond donors (Lipinski definition) is 2. The molecule has 3 N–H and O–H groups in total. The summed E-state index contributed by atoms with van der Waals surface area (Å²) in [6.45, 7) is 11.4. The molecule has 6 heterocycles. The topological polar surface area (TPSA) is 92.4 Å². The first-order valence-electron chi connectivity index (χ1n) is 16.7. The number of aromatic nitrogens is 3. The highest BCUT2D eigenvalue weighted by Crippen LogP contribution is 2.51. The Bertz CT molecular complexity index is 1940. The third kappa shape index (κ3) is 5.38. The predicted molar refractivity (Wildman–Crippen MR) is 173 cm³/mol. The van der Waals surface area contributed by atoms with Crippen LogP contribution in [0, 0.1) is 18.7 Å². The van der Waals surface area contributed by atoms with Crippen molar-refractivity contribution >= 4 is 22.5 Å². The molecule has 50 heavy (non-hydrogen) atoms. The molecule has 2 atom stereocenters. The summed E-state index contributed by atoms with van der Waals surface area (Å²) in [7, 11) is 0. The molecule has 0 radical (unpaired) electrons. The van der Waals surface area contributed by atoms with Gasteiger partial charge in [-0.15, -0.1) is 0 Å². The summed E-state index contributed by atoms with van der Waals surface area (Å²) in [6, 6.07) is 1.27. The lowest BCUT2D eigenvalue weighted by molar-refractivity contribution is -0.139. The number of anilines is 2. The number of benzene rings is 1. The maximum Gasteiger partial charge on any atom is 0.418 e. The van der Waals surface area contributed by atoms with Gasteiger partial charge in [-0.05, 0) is 69.1 Å². The molecule has 1 saturated carbocycles. The summed E-state index contributed by atoms with van der Waals surface area (Å²) in [4.78, 5) is 16.6. The van der Waals surface area contributed by atoms with Crippen molar-refractivity contribution < 1.29 is 35.5 Å². The minimum absolute atomic E-state index is 0.0280. The number of alkyl halides is 6. The lowest BCUT2D eigenvalue weighted by Crippen LogP contribution is -2.61. The number of halogens is 7. The van der Waals surface area contributed by atoms with Gasteiger partial charge in [0.05, 0.1) is 27.9 Å². The standard InChI is InChI=1S/C35H36F7N7O/c1-17-10-32(11-18(2)13-49(32)12-17)16-50-31-45-28-22(30(46-31)48-14-21-6-7-33(15-48,47-21)20-4-5-20)9-23(34(37,38)39)25(27(28)36)29-26(35(40,41)42)19(3)8-24(43)44-29/h8-9,20-21,47H,1-2,4-7,10-16H2,3H3,(H2,43,44)/t21-,33+/m0/s1. The molecule has 15 heteroatoms. The molecule has 0 unspecified atom stereocenters. The quantitative estimate of drug-likeness (QED) is 0.214. The molecule has 8 rings (SSSR count). The van der Waals surface area contributed by atoms with Gasteiger partial charge in [-0.3, -0.25) is 4.90 Å². The minimum atomic E-state index is -5.28. The van der Waals surface area contributed by atoms with E-state index in [-0.39, 0.29) is 35.4 Å². The number of hydrogen-bond acceptors (Lipinski definition) is 8. The number of piperazine rings is 1. The van der Waals surface area contributed by atoms with Crippen molar-refractivity contribution in [3.05, 3.63) is 58.9 Å². The molecular formula is C35H36F7N7O. The highest BCUT2D eigenvalue weighted by Gasteiger charge is 2.54. The van der Waals surface area contributed by atoms with Gasteiger partial charge in [0.1, 0.15) is 23.8 Å². The Balaban J connectivity index is 1.33. The van der Waals surface area contributed by atoms with Gasteiger partial charge in [-0.25, -0.2) is 9.37 Å². The molecule has 2 aromatic heterocycles. The maximum atomic E-state index is 17.0. The molecule has 8 nitrogen and oxygen atoms in total. The molecule has 2 bridgehead atoms. The molecule has 0 spiro atoms. The van der Waals surface area contributed by atoms with E-state index in [4.69, 9.17) is 10.5 Å². The number of nitrogens with zero attached hydrogens (tertiary/aromatic N) is 5. The van der Waals surface area contributed by atoms with Crippen LogP contribution in [0.2, 0.25) is 0 Å². The average Bonchev–Trinajstić information content (AvgIpc) is 3.69. The molecule has 3 aromatic rings. The van der Waals surface area contributed by atoms with Crippen molar-refractivity contribution in [1.82, 2.24) is 25.2 Å². The lowest BCUT2D eigenvalue weighted by atomic mass is 9.90. The normalized spacial score (nSPS) is 25.2. The zero-order valence-corrected chi connectivity index (χ0v) is 27.4. The Kier molecular flexibility index (Phi) is 7.31. The molecule has 0 amide bonds. The first-order valence-corrected chi connectivity index (χ1v) is 16.7. The van der Waals surface area contributed by atoms with Gasteiger partial charge in [0, 0.05) is 43.1 Å². The summed E-state index contributed by atoms with van der Waals surface area (Å²) < 4.78 is 111. The maximum absolute atomic E-state index is 17.0. The SMILES string of the molecule is C=C1CN2CC(=C)CC2(COc2nc(N3C[C@@H]4CC[C@](C5CC5)(C3)N4)c3cc(C(F)(F)F)c(-c4nc(N)cc(C)c4C(F)(F)F)c(F)c3n2)C1. The van der Waals surface area contributed by atoms with E-state index in [0.29, 0.717) is 51.0 Å². The highest BCUT2D eigenvalue weighted by molar-refractivity contribution is 5.95. The highest BCUT2D eigenvalue weighted by atomic mass is 19.4. The van der Waals surface area contributed by atoms with Gasteiger partial charge < -0.3 is 20.7 Å². The number of fused-ring (bicyclic) bond motifs is 4. The van der Waals surface area contributed by atoms with Crippen LogP contribution in [0.5, 0.6) is 6.01 Å². The first kappa shape index (κ1) is 33.2. The fraction of sp³-hybridized carbons (Fsp3) is 0.514. The van der Waals surface area contributed by atoms with Crippen LogP contribution in [0.3, 0.4) is 0 Å². The third-order valence-corrected chi connectivity index (χ3v) is 11.1. The summed E-state index contributed by atoms with van der Waals surface area (Å²) in [6.07, 6.45) is -5.45. The summed E-state index contributed by atoms with van der Waals surface area (Å²) in [5.41, 5.74) is 0.0870. The minimum Gasteiger partial charge on any atom is -0.461 e. The van der Waals surface area contributed by atoms with E-state index in [2.05, 4.69) is 38.3 Å². The number of pyridine rings is 1. The van der Waals surface area contributed by atoms with E-state index in [9.17, 15) is 26.3 Å². The van der Waals surface area contributed by atoms with Gasteiger partial charge >= 0.3 is 18.4 Å². The number of nitrogens with two attached hydrogens (primary N) is 1. The van der Waals surface area contributed by atoms with Gasteiger partial charge in [0.2, 0.25) is 0 Å². The van der Waals surface area contributed by atoms with Crippen molar-refractivity contribution in [2.45, 2.75) is 74.9 Å². The van der Waals surface area contributed by atoms with Crippen LogP contribution in [0.25, 0.3) is 22.2 Å². The summed E-state index contributed by atoms with van der Waals surface area (Å²) in [5, 5.41) is 3.43. The molecule has 4 saturated heterocycles. The second kappa shape index (κ2) is 11.0. The van der Waals surface area contributed by atoms with Crippen LogP contribution in [0.1, 0.15) is 55.2 Å². The fourth-order valence-electron chi connectivity index (χ4n) is 9.00. The Morgan fingerprint density at radius 3 is 2.34 bits per heavy atom. The number of nitrogens with one attached hydrogen (secondary N) is 1. The van der Waals surface area contributed by atoms with Gasteiger partial charge in [-0.2, -0.15) is 36.3 Å². The number of ether oxygens (including phenoxy) is 1. The molecule has 5 aliphatic rings. The van der Waals surface area contributed by atoms with E-state index >= 15 is 4.39 Å². The van der Waals surface area contributed by atoms with Crippen LogP contribution in [0.15, 0.2) is 36.4 Å². The number of aryl methyl sites for hydroxylation is 1. The molecule has 1 aliphatic carbocycles. The zero-order valence-electron chi connectivity index (χ0n) is 27.4. The predicted octanol–water partition coefficient (Wildman–Crippen LogP) is 6.82. The van der Waals surface area contributed by atoms with Crippen LogP contribution in [-0.2, 0) is 12.4 Å². The van der Waals surface area contributed by atoms with Crippen LogP contribution in [0.4, 0.5) is 42.4 Å². The lowest BCUT2D eigenvalue weighted by Gasteiger charge is -2.42. The van der Waals surface area contributed by atoms with Gasteiger partial charge in [-0.1, -0.05) is 24.3 Å². The third-order valence-electron chi connectivity index (χ3n) is 11.1. The van der Waals surface area contributed by atoms with Crippen LogP contribution >= 0.6 is 0 Å². The molecule has 4 aliphatic heterocycles. The van der Waals surface area contributed by atoms with E-state index < -0.39 is 63.0 Å². The van der Waals surface area contributed by atoms with E-state index in [1.165, 1.54) is 0 Å². The molecule has 266 valence electrons. The number of nitrogen functional groups attached to an aromatic ring is 1. The van der Waals surface area contributed by atoms with Crippen molar-refractivity contribution in [2.75, 3.05) is 43.4 Å². The van der Waals surface area contributed by atoms with E-state index in [0.717, 1.165) is 49.8 Å². The average molecular weight is 704 g/mol. The first-order chi connectivity index (χ1) is 23.5. The van der Waals surface area contributed by atoms with Crippen molar-refractivity contribution in [3.8, 4) is 17.3 Å². The molecule has 1 aromatic carbocycles. The fourth-order valence-corrected chi connectivity index (χ4v) is 9.00. The Hall–Kier alpha value is -3.98. The van der Waals surface area contributed by atoms with Crippen molar-refractivity contribution in [3.63, 3.8) is 0 Å². The van der Waals surface area contributed by atoms with E-state index in [1.807, 2.05) is 4.90 Å². The molecule has 5 fully saturated rings.